The summed E-state index contributed by atoms with van der Waals surface area (Å²) in [5, 5.41) is 9.18. The molecule has 136 valence electrons. The molecule has 3 amide bonds. The van der Waals surface area contributed by atoms with Crippen molar-refractivity contribution in [3.8, 4) is 0 Å². The molecule has 0 aliphatic carbocycles. The van der Waals surface area contributed by atoms with Crippen molar-refractivity contribution in [1.82, 2.24) is 9.80 Å². The highest BCUT2D eigenvalue weighted by Crippen LogP contribution is 2.29. The number of carbonyl (C=O) groups excluding carboxylic acids is 3. The third-order valence-corrected chi connectivity index (χ3v) is 4.95. The molecular formula is C20H16N2O5. The van der Waals surface area contributed by atoms with E-state index in [1.165, 1.54) is 4.90 Å². The number of hydrogen-bond acceptors (Lipinski definition) is 4. The first kappa shape index (κ1) is 17.0. The summed E-state index contributed by atoms with van der Waals surface area (Å²) in [6, 6.07) is 12.6. The highest BCUT2D eigenvalue weighted by Gasteiger charge is 2.45. The van der Waals surface area contributed by atoms with E-state index in [2.05, 4.69) is 0 Å². The maximum atomic E-state index is 13.1. The van der Waals surface area contributed by atoms with Gasteiger partial charge in [0.25, 0.3) is 11.8 Å². The largest absolute Gasteiger partial charge is 0.480 e. The number of aliphatic carboxylic acids is 1. The van der Waals surface area contributed by atoms with Crippen LogP contribution in [0.1, 0.15) is 31.8 Å². The second-order valence-corrected chi connectivity index (χ2v) is 6.60. The first-order chi connectivity index (χ1) is 13.0. The van der Waals surface area contributed by atoms with Crippen LogP contribution in [-0.2, 0) is 22.6 Å². The van der Waals surface area contributed by atoms with Gasteiger partial charge in [0.2, 0.25) is 5.91 Å². The molecule has 27 heavy (non-hydrogen) atoms. The molecule has 1 N–H and O–H groups in total. The van der Waals surface area contributed by atoms with Crippen LogP contribution in [0.2, 0.25) is 0 Å². The number of amides is 3. The standard InChI is InChI=1S/C20H16N2O5/c23-17(24)11-21-10-13-6-2-1-5-12(13)9-16(20(21)27)22-18(25)14-7-3-4-8-15(14)19(22)26/h1-8,16H,9-11H2,(H,23,24)/t16-/m0/s1. The van der Waals surface area contributed by atoms with Gasteiger partial charge in [0.05, 0.1) is 11.1 Å². The predicted octanol–water partition coefficient (Wildman–Crippen LogP) is 1.32. The Hall–Kier alpha value is -3.48. The van der Waals surface area contributed by atoms with Gasteiger partial charge in [-0.05, 0) is 23.3 Å². The van der Waals surface area contributed by atoms with Crippen LogP contribution in [0.15, 0.2) is 48.5 Å². The lowest BCUT2D eigenvalue weighted by atomic mass is 10.0. The average molecular weight is 364 g/mol. The van der Waals surface area contributed by atoms with Crippen molar-refractivity contribution in [2.45, 2.75) is 19.0 Å². The Balaban J connectivity index is 1.77. The number of imide groups is 1. The number of benzene rings is 2. The van der Waals surface area contributed by atoms with Gasteiger partial charge in [-0.25, -0.2) is 0 Å². The molecule has 2 aromatic rings. The Morgan fingerprint density at radius 3 is 2.07 bits per heavy atom. The highest BCUT2D eigenvalue weighted by molar-refractivity contribution is 6.22. The molecule has 4 rings (SSSR count). The fraction of sp³-hybridized carbons (Fsp3) is 0.200. The first-order valence-electron chi connectivity index (χ1n) is 8.51. The van der Waals surface area contributed by atoms with E-state index < -0.39 is 36.3 Å². The predicted molar refractivity (Wildman–Crippen MR) is 93.9 cm³/mol. The Labute approximate surface area is 154 Å². The van der Waals surface area contributed by atoms with E-state index >= 15 is 0 Å². The SMILES string of the molecule is O=C(O)CN1Cc2ccccc2C[C@H](N2C(=O)c3ccccc3C2=O)C1=O. The number of carboxylic acid groups (broad SMARTS) is 1. The van der Waals surface area contributed by atoms with Gasteiger partial charge in [0.15, 0.2) is 0 Å². The Kier molecular flexibility index (Phi) is 3.99. The molecule has 0 saturated heterocycles. The number of fused-ring (bicyclic) bond motifs is 2. The number of hydrogen-bond donors (Lipinski definition) is 1. The lowest BCUT2D eigenvalue weighted by Gasteiger charge is -2.28. The fourth-order valence-corrected chi connectivity index (χ4v) is 3.69. The van der Waals surface area contributed by atoms with E-state index in [0.29, 0.717) is 0 Å². The fourth-order valence-electron chi connectivity index (χ4n) is 3.69. The lowest BCUT2D eigenvalue weighted by molar-refractivity contribution is -0.146. The number of nitrogens with zero attached hydrogens (tertiary/aromatic N) is 2. The van der Waals surface area contributed by atoms with Crippen molar-refractivity contribution in [2.24, 2.45) is 0 Å². The molecule has 7 heteroatoms. The van der Waals surface area contributed by atoms with Crippen LogP contribution in [0.3, 0.4) is 0 Å². The molecule has 1 atom stereocenters. The van der Waals surface area contributed by atoms with Crippen molar-refractivity contribution in [3.05, 3.63) is 70.8 Å². The summed E-state index contributed by atoms with van der Waals surface area (Å²) in [5.41, 5.74) is 2.15. The smallest absolute Gasteiger partial charge is 0.323 e. The van der Waals surface area contributed by atoms with Crippen molar-refractivity contribution >= 4 is 23.7 Å². The van der Waals surface area contributed by atoms with E-state index in [4.69, 9.17) is 0 Å². The second kappa shape index (κ2) is 6.35. The van der Waals surface area contributed by atoms with E-state index in [0.717, 1.165) is 16.0 Å². The minimum absolute atomic E-state index is 0.126. The number of rotatable bonds is 3. The second-order valence-electron chi connectivity index (χ2n) is 6.60. The van der Waals surface area contributed by atoms with Gasteiger partial charge in [0, 0.05) is 13.0 Å². The van der Waals surface area contributed by atoms with E-state index in [1.807, 2.05) is 24.3 Å². The van der Waals surface area contributed by atoms with Crippen molar-refractivity contribution < 1.29 is 24.3 Å². The lowest BCUT2D eigenvalue weighted by Crippen LogP contribution is -2.51. The molecule has 2 heterocycles. The average Bonchev–Trinajstić information content (AvgIpc) is 2.82. The summed E-state index contributed by atoms with van der Waals surface area (Å²) < 4.78 is 0. The van der Waals surface area contributed by atoms with Gasteiger partial charge in [-0.3, -0.25) is 24.1 Å². The van der Waals surface area contributed by atoms with Crippen molar-refractivity contribution in [3.63, 3.8) is 0 Å². The zero-order valence-electron chi connectivity index (χ0n) is 14.3. The number of carboxylic acids is 1. The molecule has 0 aromatic heterocycles. The third-order valence-electron chi connectivity index (χ3n) is 4.95. The Morgan fingerprint density at radius 1 is 0.926 bits per heavy atom. The van der Waals surface area contributed by atoms with Gasteiger partial charge in [-0.1, -0.05) is 36.4 Å². The quantitative estimate of drug-likeness (QED) is 0.829. The van der Waals surface area contributed by atoms with Crippen LogP contribution in [0, 0.1) is 0 Å². The molecule has 0 unspecified atom stereocenters. The van der Waals surface area contributed by atoms with Crippen molar-refractivity contribution in [1.29, 1.82) is 0 Å². The maximum Gasteiger partial charge on any atom is 0.323 e. The summed E-state index contributed by atoms with van der Waals surface area (Å²) in [6.07, 6.45) is 0.163. The van der Waals surface area contributed by atoms with Crippen LogP contribution in [0.5, 0.6) is 0 Å². The molecule has 0 fully saturated rings. The summed E-state index contributed by atoms with van der Waals surface area (Å²) in [7, 11) is 0. The van der Waals surface area contributed by atoms with Crippen molar-refractivity contribution in [2.75, 3.05) is 6.54 Å². The summed E-state index contributed by atoms with van der Waals surface area (Å²) >= 11 is 0. The summed E-state index contributed by atoms with van der Waals surface area (Å²) in [4.78, 5) is 52.1. The topological polar surface area (TPSA) is 95.0 Å². The van der Waals surface area contributed by atoms with Crippen LogP contribution in [0.25, 0.3) is 0 Å². The monoisotopic (exact) mass is 364 g/mol. The maximum absolute atomic E-state index is 13.1. The van der Waals surface area contributed by atoms with Crippen LogP contribution in [0.4, 0.5) is 0 Å². The Morgan fingerprint density at radius 2 is 1.48 bits per heavy atom. The van der Waals surface area contributed by atoms with Gasteiger partial charge in [0.1, 0.15) is 12.6 Å². The molecule has 0 radical (unpaired) electrons. The van der Waals surface area contributed by atoms with Gasteiger partial charge < -0.3 is 10.0 Å². The molecular weight excluding hydrogens is 348 g/mol. The van der Waals surface area contributed by atoms with Gasteiger partial charge >= 0.3 is 5.97 Å². The molecule has 0 saturated carbocycles. The van der Waals surface area contributed by atoms with Gasteiger partial charge in [-0.2, -0.15) is 0 Å². The van der Waals surface area contributed by atoms with Gasteiger partial charge in [-0.15, -0.1) is 0 Å². The van der Waals surface area contributed by atoms with Crippen LogP contribution in [-0.4, -0.2) is 51.2 Å². The third kappa shape index (κ3) is 2.77. The molecule has 2 aliphatic rings. The molecule has 0 bridgehead atoms. The Bertz CT molecular complexity index is 949. The molecule has 0 spiro atoms. The molecule has 7 nitrogen and oxygen atoms in total. The normalized spacial score (nSPS) is 19.0. The minimum Gasteiger partial charge on any atom is -0.480 e. The highest BCUT2D eigenvalue weighted by atomic mass is 16.4. The van der Waals surface area contributed by atoms with E-state index in [9.17, 15) is 24.3 Å². The van der Waals surface area contributed by atoms with Crippen LogP contribution >= 0.6 is 0 Å². The van der Waals surface area contributed by atoms with Crippen LogP contribution < -0.4 is 0 Å². The number of carbonyl (C=O) groups is 4. The first-order valence-corrected chi connectivity index (χ1v) is 8.51. The van der Waals surface area contributed by atoms with E-state index in [-0.39, 0.29) is 24.1 Å². The summed E-state index contributed by atoms with van der Waals surface area (Å²) in [5.74, 6) is -2.74. The zero-order valence-corrected chi connectivity index (χ0v) is 14.3. The summed E-state index contributed by atoms with van der Waals surface area (Å²) in [6.45, 7) is -0.367. The molecule has 2 aromatic carbocycles. The zero-order chi connectivity index (χ0) is 19.1. The minimum atomic E-state index is -1.15. The molecule has 2 aliphatic heterocycles. The van der Waals surface area contributed by atoms with E-state index in [1.54, 1.807) is 24.3 Å².